The van der Waals surface area contributed by atoms with E-state index < -0.39 is 65.2 Å². The average molecular weight is 578 g/mol. The Morgan fingerprint density at radius 3 is 1.00 bits per heavy atom. The van der Waals surface area contributed by atoms with Crippen LogP contribution in [0.4, 0.5) is 83.4 Å². The lowest BCUT2D eigenvalue weighted by atomic mass is 9.88. The molecule has 0 spiro atoms. The van der Waals surface area contributed by atoms with Crippen molar-refractivity contribution in [3.8, 4) is 11.5 Å². The van der Waals surface area contributed by atoms with Crippen LogP contribution in [0.2, 0.25) is 0 Å². The molecule has 1 rings (SSSR count). The van der Waals surface area contributed by atoms with Crippen LogP contribution < -0.4 is 4.74 Å². The maximum absolute atomic E-state index is 13.6. The summed E-state index contributed by atoms with van der Waals surface area (Å²) in [6.45, 7) is 0. The van der Waals surface area contributed by atoms with Crippen molar-refractivity contribution in [2.24, 2.45) is 0 Å². The van der Waals surface area contributed by atoms with Gasteiger partial charge in [-0.05, 0) is 24.3 Å². The first-order valence-corrected chi connectivity index (χ1v) is 8.04. The Morgan fingerprint density at radius 2 is 0.694 bits per heavy atom. The van der Waals surface area contributed by atoms with Crippen molar-refractivity contribution in [1.29, 1.82) is 0 Å². The standard InChI is InChI=1S/C15H5F19O2/c16-7(17,8(18,19)10(22,23)12(26,27)14(30,31)32)9(20,21)11(24,25)13(28,29)15(33,34)36-6-3-1-5(35)2-4-6/h1-4,35H. The summed E-state index contributed by atoms with van der Waals surface area (Å²) in [5.74, 6) is -63.2. The van der Waals surface area contributed by atoms with Gasteiger partial charge in [0.25, 0.3) is 0 Å². The second-order valence-electron chi connectivity index (χ2n) is 6.63. The normalized spacial score (nSPS) is 15.8. The molecule has 0 fully saturated rings. The summed E-state index contributed by atoms with van der Waals surface area (Å²) in [5.41, 5.74) is 0. The molecule has 0 amide bonds. The van der Waals surface area contributed by atoms with Crippen molar-refractivity contribution in [3.63, 3.8) is 0 Å². The number of halogens is 19. The Labute approximate surface area is 184 Å². The molecular formula is C15H5F19O2. The minimum absolute atomic E-state index is 0.0537. The van der Waals surface area contributed by atoms with E-state index in [1.54, 1.807) is 0 Å². The zero-order valence-corrected chi connectivity index (χ0v) is 15.8. The molecule has 0 saturated carbocycles. The largest absolute Gasteiger partial charge is 0.508 e. The number of aromatic hydroxyl groups is 1. The van der Waals surface area contributed by atoms with E-state index >= 15 is 0 Å². The molecule has 21 heteroatoms. The lowest BCUT2D eigenvalue weighted by Crippen LogP contribution is -2.76. The van der Waals surface area contributed by atoms with E-state index in [0.29, 0.717) is 12.1 Å². The fourth-order valence-electron chi connectivity index (χ4n) is 2.07. The minimum atomic E-state index is -8.99. The van der Waals surface area contributed by atoms with Crippen LogP contribution in [-0.4, -0.2) is 58.8 Å². The number of hydrogen-bond acceptors (Lipinski definition) is 2. The molecule has 0 aliphatic heterocycles. The third kappa shape index (κ3) is 4.10. The lowest BCUT2D eigenvalue weighted by molar-refractivity contribution is -0.476. The van der Waals surface area contributed by atoms with E-state index in [1.807, 2.05) is 0 Å². The number of phenolic OH excluding ortho intramolecular Hbond substituents is 1. The molecule has 0 aliphatic carbocycles. The van der Waals surface area contributed by atoms with Gasteiger partial charge in [-0.3, -0.25) is 0 Å². The molecule has 0 atom stereocenters. The zero-order chi connectivity index (χ0) is 29.2. The highest BCUT2D eigenvalue weighted by Gasteiger charge is 2.97. The molecule has 0 bridgehead atoms. The number of rotatable bonds is 9. The topological polar surface area (TPSA) is 29.5 Å². The molecule has 1 aromatic rings. The number of benzene rings is 1. The van der Waals surface area contributed by atoms with E-state index in [2.05, 4.69) is 4.74 Å². The maximum atomic E-state index is 13.6. The maximum Gasteiger partial charge on any atom is 0.471 e. The van der Waals surface area contributed by atoms with Gasteiger partial charge < -0.3 is 9.84 Å². The third-order valence-corrected chi connectivity index (χ3v) is 4.17. The predicted molar refractivity (Wildman–Crippen MR) is 74.4 cm³/mol. The predicted octanol–water partition coefficient (Wildman–Crippen LogP) is 7.37. The van der Waals surface area contributed by atoms with Gasteiger partial charge >= 0.3 is 53.7 Å². The molecular weight excluding hydrogens is 573 g/mol. The van der Waals surface area contributed by atoms with Crippen molar-refractivity contribution in [3.05, 3.63) is 24.3 Å². The molecule has 1 N–H and O–H groups in total. The van der Waals surface area contributed by atoms with E-state index in [9.17, 15) is 83.4 Å². The summed E-state index contributed by atoms with van der Waals surface area (Å²) in [6.07, 6.45) is -15.0. The van der Waals surface area contributed by atoms with Crippen molar-refractivity contribution < 1.29 is 93.3 Å². The van der Waals surface area contributed by atoms with Gasteiger partial charge in [-0.25, -0.2) is 0 Å². The number of hydrogen-bond donors (Lipinski definition) is 1. The van der Waals surface area contributed by atoms with E-state index in [-0.39, 0.29) is 12.1 Å². The van der Waals surface area contributed by atoms with E-state index in [1.165, 1.54) is 0 Å². The molecule has 2 nitrogen and oxygen atoms in total. The average Bonchev–Trinajstić information content (AvgIpc) is 2.67. The van der Waals surface area contributed by atoms with Gasteiger partial charge in [0.05, 0.1) is 0 Å². The van der Waals surface area contributed by atoms with Gasteiger partial charge in [-0.15, -0.1) is 0 Å². The zero-order valence-electron chi connectivity index (χ0n) is 15.8. The Hall–Kier alpha value is -2.51. The Bertz CT molecular complexity index is 931. The highest BCUT2D eigenvalue weighted by Crippen LogP contribution is 2.65. The van der Waals surface area contributed by atoms with Crippen LogP contribution in [0.15, 0.2) is 24.3 Å². The monoisotopic (exact) mass is 578 g/mol. The van der Waals surface area contributed by atoms with Crippen molar-refractivity contribution >= 4 is 0 Å². The Balaban J connectivity index is 3.65. The van der Waals surface area contributed by atoms with Crippen LogP contribution in [0.5, 0.6) is 11.5 Å². The first-order valence-electron chi connectivity index (χ1n) is 8.04. The van der Waals surface area contributed by atoms with Crippen molar-refractivity contribution in [2.45, 2.75) is 53.7 Å². The summed E-state index contributed by atoms with van der Waals surface area (Å²) in [4.78, 5) is 0. The SMILES string of the molecule is Oc1ccc(OC(F)(F)C(F)(F)C(F)(F)C(F)(F)C(F)(F)C(F)(F)C(F)(F)C(F)(F)C(F)(F)F)cc1. The van der Waals surface area contributed by atoms with Crippen molar-refractivity contribution in [1.82, 2.24) is 0 Å². The smallest absolute Gasteiger partial charge is 0.471 e. The summed E-state index contributed by atoms with van der Waals surface area (Å²) >= 11 is 0. The first kappa shape index (κ1) is 31.5. The van der Waals surface area contributed by atoms with E-state index in [0.717, 1.165) is 0 Å². The fourth-order valence-corrected chi connectivity index (χ4v) is 2.07. The summed E-state index contributed by atoms with van der Waals surface area (Å²) < 4.78 is 253. The molecule has 36 heavy (non-hydrogen) atoms. The van der Waals surface area contributed by atoms with Crippen LogP contribution in [0, 0.1) is 0 Å². The molecule has 0 heterocycles. The molecule has 1 aromatic carbocycles. The van der Waals surface area contributed by atoms with E-state index in [4.69, 9.17) is 5.11 Å². The van der Waals surface area contributed by atoms with Crippen LogP contribution in [-0.2, 0) is 0 Å². The number of ether oxygens (including phenoxy) is 1. The van der Waals surface area contributed by atoms with Gasteiger partial charge in [0, 0.05) is 0 Å². The summed E-state index contributed by atoms with van der Waals surface area (Å²) in [7, 11) is 0. The van der Waals surface area contributed by atoms with Crippen molar-refractivity contribution in [2.75, 3.05) is 0 Å². The molecule has 0 saturated heterocycles. The van der Waals surface area contributed by atoms with Crippen LogP contribution >= 0.6 is 0 Å². The Morgan fingerprint density at radius 1 is 0.417 bits per heavy atom. The number of phenols is 1. The quantitative estimate of drug-likeness (QED) is 0.310. The first-order chi connectivity index (χ1) is 15.5. The molecule has 0 unspecified atom stereocenters. The second-order valence-corrected chi connectivity index (χ2v) is 6.63. The Kier molecular flexibility index (Phi) is 7.22. The van der Waals surface area contributed by atoms with Crippen LogP contribution in [0.25, 0.3) is 0 Å². The molecule has 0 radical (unpaired) electrons. The number of alkyl halides is 19. The highest BCUT2D eigenvalue weighted by molar-refractivity contribution is 5.30. The van der Waals surface area contributed by atoms with Gasteiger partial charge in [0.2, 0.25) is 0 Å². The minimum Gasteiger partial charge on any atom is -0.508 e. The summed E-state index contributed by atoms with van der Waals surface area (Å²) in [5, 5.41) is 8.84. The van der Waals surface area contributed by atoms with Crippen LogP contribution in [0.3, 0.4) is 0 Å². The molecule has 210 valence electrons. The second kappa shape index (κ2) is 8.25. The van der Waals surface area contributed by atoms with Gasteiger partial charge in [0.15, 0.2) is 0 Å². The third-order valence-electron chi connectivity index (χ3n) is 4.17. The summed E-state index contributed by atoms with van der Waals surface area (Å²) in [6, 6.07) is 0.734. The van der Waals surface area contributed by atoms with Gasteiger partial charge in [-0.2, -0.15) is 83.4 Å². The van der Waals surface area contributed by atoms with Gasteiger partial charge in [-0.1, -0.05) is 0 Å². The highest BCUT2D eigenvalue weighted by atomic mass is 19.4. The molecule has 0 aromatic heterocycles. The lowest BCUT2D eigenvalue weighted by Gasteiger charge is -2.43. The van der Waals surface area contributed by atoms with Gasteiger partial charge in [0.1, 0.15) is 11.5 Å². The molecule has 0 aliphatic rings. The van der Waals surface area contributed by atoms with Crippen LogP contribution in [0.1, 0.15) is 0 Å². The fraction of sp³-hybridized carbons (Fsp3) is 0.600.